The van der Waals surface area contributed by atoms with Crippen LogP contribution in [0.3, 0.4) is 0 Å². The molecule has 82 valence electrons. The molecule has 1 unspecified atom stereocenters. The number of carbonyl (C=O) groups is 1. The van der Waals surface area contributed by atoms with Crippen LogP contribution < -0.4 is 29.6 Å². The maximum atomic E-state index is 11.4. The summed E-state index contributed by atoms with van der Waals surface area (Å²) in [6, 6.07) is 4.32. The van der Waals surface area contributed by atoms with Gasteiger partial charge in [0.1, 0.15) is 0 Å². The maximum absolute atomic E-state index is 11.4. The standard InChI is InChI=1S/C9H9BrO4S.Na/c1-2-14-9(11)7-5-6(10)3-4-8(7)15(12)13;/h3-5H,2H2,1H3,(H,12,13);/q;+1/p-1. The van der Waals surface area contributed by atoms with Gasteiger partial charge in [0, 0.05) is 9.37 Å². The Labute approximate surface area is 126 Å². The number of benzene rings is 1. The summed E-state index contributed by atoms with van der Waals surface area (Å²) in [5, 5.41) is 0. The zero-order valence-corrected chi connectivity index (χ0v) is 13.3. The number of rotatable bonds is 3. The third-order valence-electron chi connectivity index (χ3n) is 1.62. The Morgan fingerprint density at radius 1 is 1.56 bits per heavy atom. The van der Waals surface area contributed by atoms with E-state index in [-0.39, 0.29) is 46.6 Å². The molecule has 0 saturated carbocycles. The van der Waals surface area contributed by atoms with E-state index in [1.807, 2.05) is 0 Å². The monoisotopic (exact) mass is 314 g/mol. The first-order valence-corrected chi connectivity index (χ1v) is 5.99. The van der Waals surface area contributed by atoms with Crippen LogP contribution in [0.5, 0.6) is 0 Å². The summed E-state index contributed by atoms with van der Waals surface area (Å²) < 4.78 is 27.0. The molecule has 4 nitrogen and oxygen atoms in total. The maximum Gasteiger partial charge on any atom is 1.00 e. The van der Waals surface area contributed by atoms with E-state index >= 15 is 0 Å². The van der Waals surface area contributed by atoms with Crippen LogP contribution >= 0.6 is 15.9 Å². The van der Waals surface area contributed by atoms with E-state index in [1.54, 1.807) is 13.0 Å². The minimum atomic E-state index is -2.44. The number of ether oxygens (including phenoxy) is 1. The Balaban J connectivity index is 0.00000225. The molecule has 0 N–H and O–H groups in total. The average molecular weight is 315 g/mol. The van der Waals surface area contributed by atoms with Gasteiger partial charge in [0.2, 0.25) is 0 Å². The van der Waals surface area contributed by atoms with Gasteiger partial charge in [-0.15, -0.1) is 0 Å². The predicted molar refractivity (Wildman–Crippen MR) is 57.3 cm³/mol. The first-order chi connectivity index (χ1) is 7.06. The third kappa shape index (κ3) is 4.27. The molecular formula is C9H8BrNaO4S. The zero-order chi connectivity index (χ0) is 11.4. The summed E-state index contributed by atoms with van der Waals surface area (Å²) in [5.41, 5.74) is 0.0413. The van der Waals surface area contributed by atoms with Crippen LogP contribution in [0.1, 0.15) is 17.3 Å². The molecule has 0 amide bonds. The molecule has 0 aliphatic heterocycles. The Morgan fingerprint density at radius 2 is 2.19 bits per heavy atom. The molecular weight excluding hydrogens is 307 g/mol. The van der Waals surface area contributed by atoms with Crippen molar-refractivity contribution in [3.63, 3.8) is 0 Å². The van der Waals surface area contributed by atoms with Crippen molar-refractivity contribution in [3.8, 4) is 0 Å². The van der Waals surface area contributed by atoms with E-state index in [0.717, 1.165) is 0 Å². The van der Waals surface area contributed by atoms with E-state index in [1.165, 1.54) is 12.1 Å². The van der Waals surface area contributed by atoms with Gasteiger partial charge in [-0.3, -0.25) is 4.21 Å². The second-order valence-electron chi connectivity index (χ2n) is 2.60. The molecule has 0 spiro atoms. The van der Waals surface area contributed by atoms with Crippen molar-refractivity contribution in [1.29, 1.82) is 0 Å². The van der Waals surface area contributed by atoms with Crippen LogP contribution in [-0.4, -0.2) is 21.3 Å². The third-order valence-corrected chi connectivity index (χ3v) is 2.82. The van der Waals surface area contributed by atoms with E-state index in [4.69, 9.17) is 4.74 Å². The van der Waals surface area contributed by atoms with Crippen molar-refractivity contribution < 1.29 is 47.9 Å². The Morgan fingerprint density at radius 3 is 2.69 bits per heavy atom. The van der Waals surface area contributed by atoms with Gasteiger partial charge in [0.05, 0.1) is 12.2 Å². The molecule has 0 saturated heterocycles. The summed E-state index contributed by atoms with van der Waals surface area (Å²) >= 11 is 0.711. The predicted octanol–water partition coefficient (Wildman–Crippen LogP) is -1.13. The largest absolute Gasteiger partial charge is 1.00 e. The van der Waals surface area contributed by atoms with Gasteiger partial charge in [0.15, 0.2) is 0 Å². The van der Waals surface area contributed by atoms with Crippen LogP contribution in [0.2, 0.25) is 0 Å². The molecule has 1 atom stereocenters. The molecule has 0 fully saturated rings. The van der Waals surface area contributed by atoms with Crippen LogP contribution in [0.4, 0.5) is 0 Å². The molecule has 0 aliphatic carbocycles. The molecule has 1 aromatic rings. The number of hydrogen-bond donors (Lipinski definition) is 0. The number of halogens is 1. The van der Waals surface area contributed by atoms with E-state index in [2.05, 4.69) is 15.9 Å². The van der Waals surface area contributed by atoms with Crippen LogP contribution in [0, 0.1) is 0 Å². The van der Waals surface area contributed by atoms with E-state index < -0.39 is 17.0 Å². The van der Waals surface area contributed by atoms with Gasteiger partial charge in [0.25, 0.3) is 0 Å². The minimum absolute atomic E-state index is 0. The van der Waals surface area contributed by atoms with Crippen molar-refractivity contribution in [2.75, 3.05) is 6.61 Å². The molecule has 16 heavy (non-hydrogen) atoms. The second-order valence-corrected chi connectivity index (χ2v) is 4.42. The second kappa shape index (κ2) is 7.58. The van der Waals surface area contributed by atoms with Gasteiger partial charge < -0.3 is 9.29 Å². The molecule has 0 heterocycles. The molecule has 0 radical (unpaired) electrons. The number of esters is 1. The van der Waals surface area contributed by atoms with Gasteiger partial charge in [-0.2, -0.15) is 0 Å². The van der Waals surface area contributed by atoms with Crippen molar-refractivity contribution >= 4 is 33.0 Å². The van der Waals surface area contributed by atoms with Crippen molar-refractivity contribution in [1.82, 2.24) is 0 Å². The molecule has 7 heteroatoms. The molecule has 0 bridgehead atoms. The normalized spacial score (nSPS) is 11.4. The fraction of sp³-hybridized carbons (Fsp3) is 0.222. The Hall–Kier alpha value is 0.280. The summed E-state index contributed by atoms with van der Waals surface area (Å²) in [5.74, 6) is -0.641. The van der Waals surface area contributed by atoms with Crippen molar-refractivity contribution in [2.24, 2.45) is 0 Å². The first-order valence-electron chi connectivity index (χ1n) is 4.12. The van der Waals surface area contributed by atoms with E-state index in [9.17, 15) is 13.6 Å². The van der Waals surface area contributed by atoms with Crippen LogP contribution in [0.15, 0.2) is 27.6 Å². The topological polar surface area (TPSA) is 66.4 Å². The van der Waals surface area contributed by atoms with Crippen molar-refractivity contribution in [2.45, 2.75) is 11.8 Å². The summed E-state index contributed by atoms with van der Waals surface area (Å²) in [7, 11) is 0. The van der Waals surface area contributed by atoms with Gasteiger partial charge >= 0.3 is 35.5 Å². The smallest absolute Gasteiger partial charge is 0.768 e. The zero-order valence-electron chi connectivity index (χ0n) is 8.86. The molecule has 1 aromatic carbocycles. The van der Waals surface area contributed by atoms with Gasteiger partial charge in [-0.05, 0) is 36.2 Å². The van der Waals surface area contributed by atoms with Crippen molar-refractivity contribution in [3.05, 3.63) is 28.2 Å². The van der Waals surface area contributed by atoms with Gasteiger partial charge in [-0.25, -0.2) is 4.79 Å². The fourth-order valence-corrected chi connectivity index (χ4v) is 1.88. The summed E-state index contributed by atoms with van der Waals surface area (Å²) in [4.78, 5) is 11.3. The summed E-state index contributed by atoms with van der Waals surface area (Å²) in [6.45, 7) is 1.86. The fourth-order valence-electron chi connectivity index (χ4n) is 1.02. The first kappa shape index (κ1) is 16.3. The quantitative estimate of drug-likeness (QED) is 0.402. The van der Waals surface area contributed by atoms with E-state index in [0.29, 0.717) is 4.47 Å². The average Bonchev–Trinajstić information content (AvgIpc) is 2.17. The SMILES string of the molecule is CCOC(=O)c1cc(Br)ccc1S(=O)[O-].[Na+]. The minimum Gasteiger partial charge on any atom is -0.768 e. The molecule has 0 aromatic heterocycles. The number of hydrogen-bond acceptors (Lipinski definition) is 4. The number of carbonyl (C=O) groups excluding carboxylic acids is 1. The van der Waals surface area contributed by atoms with Gasteiger partial charge in [-0.1, -0.05) is 15.9 Å². The molecule has 0 aliphatic rings. The Kier molecular flexibility index (Phi) is 7.71. The van der Waals surface area contributed by atoms with Crippen LogP contribution in [0.25, 0.3) is 0 Å². The Bertz CT molecular complexity index is 410. The molecule has 1 rings (SSSR count). The van der Waals surface area contributed by atoms with Crippen LogP contribution in [-0.2, 0) is 15.8 Å². The summed E-state index contributed by atoms with van der Waals surface area (Å²) in [6.07, 6.45) is 0.